The second-order valence-corrected chi connectivity index (χ2v) is 4.99. The predicted molar refractivity (Wildman–Crippen MR) is 81.0 cm³/mol. The molecule has 0 aliphatic carbocycles. The molecule has 3 rings (SSSR count). The molecule has 0 spiro atoms. The minimum Gasteiger partial charge on any atom is -0.311 e. The highest BCUT2D eigenvalue weighted by molar-refractivity contribution is 6.33. The van der Waals surface area contributed by atoms with Crippen molar-refractivity contribution in [3.05, 3.63) is 47.0 Å². The Morgan fingerprint density at radius 1 is 1.25 bits per heavy atom. The summed E-state index contributed by atoms with van der Waals surface area (Å²) in [5, 5.41) is 11.1. The van der Waals surface area contributed by atoms with Crippen LogP contribution in [0, 0.1) is 6.92 Å². The van der Waals surface area contributed by atoms with Gasteiger partial charge in [0.2, 0.25) is 6.41 Å². The molecule has 0 fully saturated rings. The Balaban J connectivity index is 2.16. The molecule has 0 unspecified atom stereocenters. The number of aromatic nitrogens is 2. The Morgan fingerprint density at radius 3 is 2.85 bits per heavy atom. The van der Waals surface area contributed by atoms with Gasteiger partial charge in [-0.25, -0.2) is 0 Å². The highest BCUT2D eigenvalue weighted by Gasteiger charge is 2.09. The zero-order chi connectivity index (χ0) is 14.1. The first-order chi connectivity index (χ1) is 9.69. The van der Waals surface area contributed by atoms with E-state index in [4.69, 9.17) is 11.6 Å². The number of anilines is 1. The third-order valence-corrected chi connectivity index (χ3v) is 3.51. The first-order valence-electron chi connectivity index (χ1n) is 6.14. The third kappa shape index (κ3) is 2.14. The van der Waals surface area contributed by atoms with Crippen LogP contribution in [0.15, 0.2) is 36.4 Å². The molecule has 2 N–H and O–H groups in total. The lowest BCUT2D eigenvalue weighted by atomic mass is 10.0. The average Bonchev–Trinajstić information content (AvgIpc) is 2.82. The number of rotatable bonds is 3. The summed E-state index contributed by atoms with van der Waals surface area (Å²) < 4.78 is 0. The zero-order valence-corrected chi connectivity index (χ0v) is 11.5. The highest BCUT2D eigenvalue weighted by atomic mass is 35.5. The summed E-state index contributed by atoms with van der Waals surface area (Å²) in [5.41, 5.74) is 3.92. The van der Waals surface area contributed by atoms with Crippen molar-refractivity contribution in [2.75, 3.05) is 5.32 Å². The van der Waals surface area contributed by atoms with Gasteiger partial charge >= 0.3 is 0 Å². The Bertz CT molecular complexity index is 795. The molecule has 3 aromatic rings. The van der Waals surface area contributed by atoms with Crippen molar-refractivity contribution in [2.24, 2.45) is 0 Å². The van der Waals surface area contributed by atoms with Crippen LogP contribution in [0.3, 0.4) is 0 Å². The molecule has 5 heteroatoms. The molecule has 2 aromatic carbocycles. The normalized spacial score (nSPS) is 10.7. The molecule has 4 nitrogen and oxygen atoms in total. The Hall–Kier alpha value is -2.33. The molecule has 0 radical (unpaired) electrons. The van der Waals surface area contributed by atoms with E-state index in [1.165, 1.54) is 0 Å². The second-order valence-electron chi connectivity index (χ2n) is 4.58. The van der Waals surface area contributed by atoms with Crippen molar-refractivity contribution in [3.63, 3.8) is 0 Å². The number of amides is 1. The molecular formula is C15H12ClN3O. The van der Waals surface area contributed by atoms with E-state index in [2.05, 4.69) is 15.5 Å². The zero-order valence-electron chi connectivity index (χ0n) is 10.8. The summed E-state index contributed by atoms with van der Waals surface area (Å²) in [6.07, 6.45) is 0.612. The lowest BCUT2D eigenvalue weighted by Gasteiger charge is -2.06. The van der Waals surface area contributed by atoms with E-state index in [-0.39, 0.29) is 0 Å². The molecule has 1 heterocycles. The summed E-state index contributed by atoms with van der Waals surface area (Å²) in [4.78, 5) is 10.6. The van der Waals surface area contributed by atoms with E-state index in [1.807, 2.05) is 43.3 Å². The van der Waals surface area contributed by atoms with Gasteiger partial charge in [0.05, 0.1) is 5.52 Å². The standard InChI is InChI=1S/C15H12ClN3O/c1-9-2-4-11(13(16)6-9)10-3-5-14-12(7-10)15(17-8-20)19-18-14/h2-8H,1H3,(H2,17,18,19,20). The minimum atomic E-state index is 0.514. The van der Waals surface area contributed by atoms with E-state index in [1.54, 1.807) is 0 Å². The molecule has 0 atom stereocenters. The van der Waals surface area contributed by atoms with E-state index < -0.39 is 0 Å². The number of carbonyl (C=O) groups excluding carboxylic acids is 1. The molecule has 1 amide bonds. The maximum Gasteiger partial charge on any atom is 0.212 e. The van der Waals surface area contributed by atoms with Gasteiger partial charge in [-0.2, -0.15) is 5.10 Å². The molecule has 20 heavy (non-hydrogen) atoms. The summed E-state index contributed by atoms with van der Waals surface area (Å²) in [6, 6.07) is 11.8. The van der Waals surface area contributed by atoms with Crippen LogP contribution in [0.1, 0.15) is 5.56 Å². The van der Waals surface area contributed by atoms with Crippen LogP contribution in [0.25, 0.3) is 22.0 Å². The number of hydrogen-bond acceptors (Lipinski definition) is 2. The molecular weight excluding hydrogens is 274 g/mol. The first kappa shape index (κ1) is 12.7. The van der Waals surface area contributed by atoms with Crippen molar-refractivity contribution >= 4 is 34.7 Å². The SMILES string of the molecule is Cc1ccc(-c2ccc3[nH]nc(NC=O)c3c2)c(Cl)c1. The van der Waals surface area contributed by atoms with Crippen molar-refractivity contribution in [1.82, 2.24) is 10.2 Å². The van der Waals surface area contributed by atoms with Gasteiger partial charge < -0.3 is 5.32 Å². The molecule has 0 aliphatic heterocycles. The molecule has 0 saturated carbocycles. The number of fused-ring (bicyclic) bond motifs is 1. The van der Waals surface area contributed by atoms with Gasteiger partial charge in [0.1, 0.15) is 0 Å². The molecule has 0 bridgehead atoms. The molecule has 100 valence electrons. The number of aromatic amines is 1. The Labute approximate surface area is 120 Å². The number of hydrogen-bond donors (Lipinski definition) is 2. The largest absolute Gasteiger partial charge is 0.311 e. The molecule has 0 aliphatic rings. The van der Waals surface area contributed by atoms with E-state index >= 15 is 0 Å². The quantitative estimate of drug-likeness (QED) is 0.720. The lowest BCUT2D eigenvalue weighted by Crippen LogP contribution is -1.94. The number of carbonyl (C=O) groups is 1. The van der Waals surface area contributed by atoms with Crippen molar-refractivity contribution < 1.29 is 4.79 Å². The maximum atomic E-state index is 10.6. The Morgan fingerprint density at radius 2 is 2.10 bits per heavy atom. The molecule has 0 saturated heterocycles. The lowest BCUT2D eigenvalue weighted by molar-refractivity contribution is -0.105. The fourth-order valence-corrected chi connectivity index (χ4v) is 2.55. The summed E-state index contributed by atoms with van der Waals surface area (Å²) >= 11 is 6.29. The van der Waals surface area contributed by atoms with Crippen LogP contribution in [-0.4, -0.2) is 16.6 Å². The average molecular weight is 286 g/mol. The topological polar surface area (TPSA) is 57.8 Å². The van der Waals surface area contributed by atoms with Crippen LogP contribution < -0.4 is 5.32 Å². The van der Waals surface area contributed by atoms with Gasteiger partial charge in [-0.3, -0.25) is 9.89 Å². The van der Waals surface area contributed by atoms with E-state index in [0.29, 0.717) is 17.3 Å². The number of halogens is 1. The van der Waals surface area contributed by atoms with Crippen LogP contribution in [-0.2, 0) is 4.79 Å². The van der Waals surface area contributed by atoms with Crippen molar-refractivity contribution in [1.29, 1.82) is 0 Å². The smallest absolute Gasteiger partial charge is 0.212 e. The molecule has 1 aromatic heterocycles. The van der Waals surface area contributed by atoms with Crippen LogP contribution in [0.4, 0.5) is 5.82 Å². The van der Waals surface area contributed by atoms with Gasteiger partial charge in [-0.15, -0.1) is 0 Å². The second kappa shape index (κ2) is 4.98. The van der Waals surface area contributed by atoms with Gasteiger partial charge in [0, 0.05) is 16.0 Å². The monoisotopic (exact) mass is 285 g/mol. The first-order valence-corrected chi connectivity index (χ1v) is 6.51. The number of nitrogens with zero attached hydrogens (tertiary/aromatic N) is 1. The van der Waals surface area contributed by atoms with Crippen molar-refractivity contribution in [3.8, 4) is 11.1 Å². The minimum absolute atomic E-state index is 0.514. The summed E-state index contributed by atoms with van der Waals surface area (Å²) in [6.45, 7) is 2.00. The van der Waals surface area contributed by atoms with E-state index in [9.17, 15) is 4.79 Å². The van der Waals surface area contributed by atoms with Crippen molar-refractivity contribution in [2.45, 2.75) is 6.92 Å². The number of H-pyrrole nitrogens is 1. The van der Waals surface area contributed by atoms with Gasteiger partial charge in [-0.05, 0) is 36.2 Å². The van der Waals surface area contributed by atoms with Gasteiger partial charge in [-0.1, -0.05) is 29.8 Å². The number of benzene rings is 2. The fourth-order valence-electron chi connectivity index (χ4n) is 2.20. The van der Waals surface area contributed by atoms with E-state index in [0.717, 1.165) is 27.6 Å². The number of nitrogens with one attached hydrogen (secondary N) is 2. The maximum absolute atomic E-state index is 10.6. The predicted octanol–water partition coefficient (Wildman–Crippen LogP) is 3.76. The highest BCUT2D eigenvalue weighted by Crippen LogP contribution is 2.32. The van der Waals surface area contributed by atoms with Crippen LogP contribution in [0.2, 0.25) is 5.02 Å². The Kier molecular flexibility index (Phi) is 3.16. The third-order valence-electron chi connectivity index (χ3n) is 3.19. The number of aryl methyl sites for hydroxylation is 1. The summed E-state index contributed by atoms with van der Waals surface area (Å²) in [5.74, 6) is 0.514. The van der Waals surface area contributed by atoms with Crippen LogP contribution >= 0.6 is 11.6 Å². The van der Waals surface area contributed by atoms with Gasteiger partial charge in [0.15, 0.2) is 5.82 Å². The van der Waals surface area contributed by atoms with Crippen LogP contribution in [0.5, 0.6) is 0 Å². The fraction of sp³-hybridized carbons (Fsp3) is 0.0667. The van der Waals surface area contributed by atoms with Gasteiger partial charge in [0.25, 0.3) is 0 Å². The summed E-state index contributed by atoms with van der Waals surface area (Å²) in [7, 11) is 0.